The summed E-state index contributed by atoms with van der Waals surface area (Å²) in [6.07, 6.45) is 4.75. The number of hydrogen-bond donors (Lipinski definition) is 2. The summed E-state index contributed by atoms with van der Waals surface area (Å²) in [6, 6.07) is 0.284. The number of carbonyl (C=O) groups excluding carboxylic acids is 1. The molecule has 0 aliphatic carbocycles. The first-order valence-electron chi connectivity index (χ1n) is 5.19. The summed E-state index contributed by atoms with van der Waals surface area (Å²) < 4.78 is 0. The van der Waals surface area contributed by atoms with Crippen LogP contribution in [0.1, 0.15) is 46.0 Å². The van der Waals surface area contributed by atoms with Crippen LogP contribution in [0.3, 0.4) is 0 Å². The van der Waals surface area contributed by atoms with Gasteiger partial charge in [-0.25, -0.2) is 0 Å². The second-order valence-electron chi connectivity index (χ2n) is 3.57. The number of nitrogens with one attached hydrogen (secondary N) is 1. The molecule has 0 aliphatic rings. The lowest BCUT2D eigenvalue weighted by Crippen LogP contribution is -2.24. The Bertz CT molecular complexity index is 143. The number of carbonyl (C=O) groups is 1. The predicted molar refractivity (Wildman–Crippen MR) is 76.2 cm³/mol. The van der Waals surface area contributed by atoms with E-state index < -0.39 is 0 Å². The van der Waals surface area contributed by atoms with E-state index in [1.807, 2.05) is 13.8 Å². The van der Waals surface area contributed by atoms with E-state index in [9.17, 15) is 4.79 Å². The van der Waals surface area contributed by atoms with Crippen LogP contribution in [0.25, 0.3) is 0 Å². The molecule has 94 valence electrons. The molecule has 1 atom stereocenters. The van der Waals surface area contributed by atoms with Crippen molar-refractivity contribution in [3.8, 4) is 0 Å². The largest absolute Gasteiger partial charge is 0.356 e. The van der Waals surface area contributed by atoms with Gasteiger partial charge in [0.25, 0.3) is 0 Å². The normalized spacial score (nSPS) is 10.9. The van der Waals surface area contributed by atoms with Crippen molar-refractivity contribution in [3.05, 3.63) is 0 Å². The van der Waals surface area contributed by atoms with Crippen LogP contribution in [0.2, 0.25) is 0 Å². The second kappa shape index (κ2) is 14.1. The minimum atomic E-state index is 0. The van der Waals surface area contributed by atoms with E-state index in [-0.39, 0.29) is 38.9 Å². The van der Waals surface area contributed by atoms with Crippen LogP contribution in [0.4, 0.5) is 0 Å². The molecule has 0 fully saturated rings. The number of rotatable bonds is 7. The average molecular weight is 254 g/mol. The van der Waals surface area contributed by atoms with Gasteiger partial charge < -0.3 is 11.1 Å². The third-order valence-corrected chi connectivity index (χ3v) is 1.89. The molecule has 1 unspecified atom stereocenters. The van der Waals surface area contributed by atoms with Gasteiger partial charge in [0, 0.05) is 19.0 Å². The van der Waals surface area contributed by atoms with Crippen LogP contribution in [-0.2, 0) is 4.79 Å². The molecule has 0 aromatic rings. The summed E-state index contributed by atoms with van der Waals surface area (Å²) >= 11 is 0. The Morgan fingerprint density at radius 1 is 1.33 bits per heavy atom. The highest BCUT2D eigenvalue weighted by Gasteiger charge is 1.98. The highest BCUT2D eigenvalue weighted by Crippen LogP contribution is 1.97. The first-order valence-corrected chi connectivity index (χ1v) is 5.19. The second-order valence-corrected chi connectivity index (χ2v) is 3.57. The van der Waals surface area contributed by atoms with E-state index in [1.165, 1.54) is 0 Å². The molecule has 15 heavy (non-hydrogen) atoms. The van der Waals surface area contributed by atoms with Gasteiger partial charge in [0.15, 0.2) is 0 Å². The number of amides is 1. The van der Waals surface area contributed by atoms with Crippen molar-refractivity contribution in [2.24, 2.45) is 5.73 Å². The summed E-state index contributed by atoms with van der Waals surface area (Å²) in [6.45, 7) is 4.82. The van der Waals surface area contributed by atoms with Gasteiger partial charge in [-0.3, -0.25) is 4.79 Å². The van der Waals surface area contributed by atoms with Gasteiger partial charge >= 0.3 is 0 Å². The average Bonchev–Trinajstić information content (AvgIpc) is 2.03. The van der Waals surface area contributed by atoms with Gasteiger partial charge in [0.1, 0.15) is 0 Å². The fourth-order valence-electron chi connectivity index (χ4n) is 1.13. The summed E-state index contributed by atoms with van der Waals surface area (Å²) in [7, 11) is 0. The molecule has 0 radical (unpaired) electrons. The molecule has 0 heterocycles. The van der Waals surface area contributed by atoms with Crippen molar-refractivity contribution in [1.82, 2.24) is 5.32 Å². The van der Waals surface area contributed by atoms with Crippen LogP contribution in [0, 0.1) is 0 Å². The molecule has 0 rings (SSSR count). The van der Waals surface area contributed by atoms with Gasteiger partial charge in [-0.2, -0.15) is 27.0 Å². The van der Waals surface area contributed by atoms with Crippen LogP contribution >= 0.6 is 27.0 Å². The van der Waals surface area contributed by atoms with E-state index in [0.29, 0.717) is 6.42 Å². The third-order valence-electron chi connectivity index (χ3n) is 1.89. The van der Waals surface area contributed by atoms with Gasteiger partial charge in [-0.1, -0.05) is 13.3 Å². The lowest BCUT2D eigenvalue weighted by Gasteiger charge is -2.05. The highest BCUT2D eigenvalue weighted by atomic mass is 32.1. The Kier molecular flexibility index (Phi) is 19.3. The van der Waals surface area contributed by atoms with Crippen LogP contribution < -0.4 is 11.1 Å². The summed E-state index contributed by atoms with van der Waals surface area (Å²) in [4.78, 5) is 11.0. The fourth-order valence-corrected chi connectivity index (χ4v) is 1.13. The molecule has 0 spiro atoms. The highest BCUT2D eigenvalue weighted by molar-refractivity contribution is 7.59. The molecule has 0 saturated heterocycles. The van der Waals surface area contributed by atoms with Crippen molar-refractivity contribution in [2.45, 2.75) is 52.0 Å². The van der Waals surface area contributed by atoms with Crippen molar-refractivity contribution in [2.75, 3.05) is 6.54 Å². The molecular weight excluding hydrogens is 228 g/mol. The first-order chi connectivity index (χ1) is 6.16. The monoisotopic (exact) mass is 254 g/mol. The molecule has 0 aliphatic heterocycles. The van der Waals surface area contributed by atoms with E-state index in [4.69, 9.17) is 5.73 Å². The van der Waals surface area contributed by atoms with Crippen LogP contribution in [-0.4, -0.2) is 18.5 Å². The Labute approximate surface area is 107 Å². The minimum Gasteiger partial charge on any atom is -0.356 e. The Balaban J connectivity index is -0.000000720. The molecule has 0 aromatic carbocycles. The number of unbranched alkanes of at least 4 members (excludes halogenated alkanes) is 1. The molecular formula is C10H26N2OS2. The van der Waals surface area contributed by atoms with Gasteiger partial charge in [0.2, 0.25) is 5.91 Å². The summed E-state index contributed by atoms with van der Waals surface area (Å²) in [5, 5.41) is 2.88. The van der Waals surface area contributed by atoms with E-state index in [0.717, 1.165) is 32.2 Å². The SMILES string of the molecule is CCCC(=O)NCCCCC(C)N.S.S. The summed E-state index contributed by atoms with van der Waals surface area (Å²) in [5.41, 5.74) is 5.59. The van der Waals surface area contributed by atoms with Crippen molar-refractivity contribution in [1.29, 1.82) is 0 Å². The molecule has 0 saturated carbocycles. The van der Waals surface area contributed by atoms with Crippen LogP contribution in [0.5, 0.6) is 0 Å². The quantitative estimate of drug-likeness (QED) is 0.679. The Morgan fingerprint density at radius 3 is 2.40 bits per heavy atom. The predicted octanol–water partition coefficient (Wildman–Crippen LogP) is 1.65. The maximum absolute atomic E-state index is 11.0. The zero-order chi connectivity index (χ0) is 10.1. The molecule has 3 N–H and O–H groups in total. The zero-order valence-electron chi connectivity index (χ0n) is 9.81. The van der Waals surface area contributed by atoms with Crippen molar-refractivity contribution < 1.29 is 4.79 Å². The number of hydrogen-bond acceptors (Lipinski definition) is 2. The van der Waals surface area contributed by atoms with Crippen molar-refractivity contribution in [3.63, 3.8) is 0 Å². The molecule has 0 bridgehead atoms. The van der Waals surface area contributed by atoms with E-state index in [2.05, 4.69) is 5.32 Å². The topological polar surface area (TPSA) is 55.1 Å². The fraction of sp³-hybridized carbons (Fsp3) is 0.900. The number of nitrogens with two attached hydrogens (primary N) is 1. The standard InChI is InChI=1S/C10H22N2O.2H2S/c1-3-6-10(13)12-8-5-4-7-9(2)11;;/h9H,3-8,11H2,1-2H3,(H,12,13);2*1H2. The van der Waals surface area contributed by atoms with Crippen molar-refractivity contribution >= 4 is 32.9 Å². The molecule has 5 heteroatoms. The summed E-state index contributed by atoms with van der Waals surface area (Å²) in [5.74, 6) is 0.170. The molecule has 3 nitrogen and oxygen atoms in total. The maximum atomic E-state index is 11.0. The first kappa shape index (κ1) is 20.5. The maximum Gasteiger partial charge on any atom is 0.219 e. The van der Waals surface area contributed by atoms with Gasteiger partial charge in [-0.05, 0) is 26.2 Å². The Hall–Kier alpha value is 0.130. The molecule has 0 aromatic heterocycles. The lowest BCUT2D eigenvalue weighted by molar-refractivity contribution is -0.121. The van der Waals surface area contributed by atoms with E-state index >= 15 is 0 Å². The smallest absolute Gasteiger partial charge is 0.219 e. The van der Waals surface area contributed by atoms with Gasteiger partial charge in [-0.15, -0.1) is 0 Å². The zero-order valence-corrected chi connectivity index (χ0v) is 11.8. The minimum absolute atomic E-state index is 0. The lowest BCUT2D eigenvalue weighted by atomic mass is 10.1. The van der Waals surface area contributed by atoms with E-state index in [1.54, 1.807) is 0 Å². The van der Waals surface area contributed by atoms with Gasteiger partial charge in [0.05, 0.1) is 0 Å². The Morgan fingerprint density at radius 2 is 1.93 bits per heavy atom. The third kappa shape index (κ3) is 16.8. The van der Waals surface area contributed by atoms with Crippen LogP contribution in [0.15, 0.2) is 0 Å². The molecule has 1 amide bonds.